The summed E-state index contributed by atoms with van der Waals surface area (Å²) < 4.78 is 5.90. The van der Waals surface area contributed by atoms with Gasteiger partial charge in [0.1, 0.15) is 0 Å². The largest absolute Gasteiger partial charge is 0.378 e. The van der Waals surface area contributed by atoms with Crippen LogP contribution in [0.5, 0.6) is 0 Å². The van der Waals surface area contributed by atoms with E-state index in [9.17, 15) is 0 Å². The normalized spacial score (nSPS) is 21.8. The SMILES string of the molecule is CC1(C)CCC(OCCCCCS)CC1. The molecule has 0 bridgehead atoms. The van der Waals surface area contributed by atoms with Gasteiger partial charge in [-0.25, -0.2) is 0 Å². The molecule has 0 atom stereocenters. The minimum absolute atomic E-state index is 0.550. The maximum absolute atomic E-state index is 5.90. The van der Waals surface area contributed by atoms with Gasteiger partial charge in [-0.05, 0) is 49.7 Å². The quantitative estimate of drug-likeness (QED) is 0.534. The van der Waals surface area contributed by atoms with E-state index in [1.807, 2.05) is 0 Å². The van der Waals surface area contributed by atoms with E-state index < -0.39 is 0 Å². The van der Waals surface area contributed by atoms with Crippen LogP contribution in [0.3, 0.4) is 0 Å². The molecule has 1 fully saturated rings. The summed E-state index contributed by atoms with van der Waals surface area (Å²) in [5.74, 6) is 1.01. The van der Waals surface area contributed by atoms with E-state index in [0.29, 0.717) is 11.5 Å². The molecular formula is C13H26OS. The molecule has 0 N–H and O–H groups in total. The highest BCUT2D eigenvalue weighted by Crippen LogP contribution is 2.36. The van der Waals surface area contributed by atoms with Crippen molar-refractivity contribution in [1.29, 1.82) is 0 Å². The summed E-state index contributed by atoms with van der Waals surface area (Å²) in [6.07, 6.45) is 9.43. The van der Waals surface area contributed by atoms with Crippen LogP contribution in [0.25, 0.3) is 0 Å². The summed E-state index contributed by atoms with van der Waals surface area (Å²) in [6.45, 7) is 5.70. The van der Waals surface area contributed by atoms with Crippen molar-refractivity contribution in [3.63, 3.8) is 0 Å². The van der Waals surface area contributed by atoms with Gasteiger partial charge in [0.05, 0.1) is 6.10 Å². The highest BCUT2D eigenvalue weighted by atomic mass is 32.1. The first-order chi connectivity index (χ1) is 7.14. The lowest BCUT2D eigenvalue weighted by molar-refractivity contribution is 0.00287. The van der Waals surface area contributed by atoms with Gasteiger partial charge in [0.2, 0.25) is 0 Å². The van der Waals surface area contributed by atoms with E-state index in [1.54, 1.807) is 0 Å². The van der Waals surface area contributed by atoms with Gasteiger partial charge >= 0.3 is 0 Å². The Morgan fingerprint density at radius 3 is 2.40 bits per heavy atom. The summed E-state index contributed by atoms with van der Waals surface area (Å²) in [4.78, 5) is 0. The maximum Gasteiger partial charge on any atom is 0.0575 e. The van der Waals surface area contributed by atoms with E-state index in [-0.39, 0.29) is 0 Å². The summed E-state index contributed by atoms with van der Waals surface area (Å²) in [5, 5.41) is 0. The first-order valence-corrected chi connectivity index (χ1v) is 7.00. The highest BCUT2D eigenvalue weighted by Gasteiger charge is 2.26. The van der Waals surface area contributed by atoms with Crippen LogP contribution in [0, 0.1) is 5.41 Å². The minimum Gasteiger partial charge on any atom is -0.378 e. The van der Waals surface area contributed by atoms with Gasteiger partial charge in [-0.15, -0.1) is 0 Å². The van der Waals surface area contributed by atoms with Crippen LogP contribution in [0.15, 0.2) is 0 Å². The van der Waals surface area contributed by atoms with Crippen molar-refractivity contribution in [3.8, 4) is 0 Å². The molecule has 0 aromatic rings. The number of hydrogen-bond acceptors (Lipinski definition) is 2. The second kappa shape index (κ2) is 6.80. The highest BCUT2D eigenvalue weighted by molar-refractivity contribution is 7.80. The van der Waals surface area contributed by atoms with Gasteiger partial charge in [0, 0.05) is 6.61 Å². The standard InChI is InChI=1S/C13H26OS/c1-13(2)8-6-12(7-9-13)14-10-4-3-5-11-15/h12,15H,3-11H2,1-2H3. The zero-order valence-corrected chi connectivity index (χ0v) is 11.2. The molecule has 1 nitrogen and oxygen atoms in total. The topological polar surface area (TPSA) is 9.23 Å². The average Bonchev–Trinajstić information content (AvgIpc) is 2.20. The number of thiol groups is 1. The third-order valence-electron chi connectivity index (χ3n) is 3.44. The zero-order chi connectivity index (χ0) is 11.1. The van der Waals surface area contributed by atoms with E-state index in [4.69, 9.17) is 4.74 Å². The van der Waals surface area contributed by atoms with Crippen LogP contribution >= 0.6 is 12.6 Å². The number of rotatable bonds is 6. The van der Waals surface area contributed by atoms with Gasteiger partial charge in [0.25, 0.3) is 0 Å². The lowest BCUT2D eigenvalue weighted by atomic mass is 9.76. The van der Waals surface area contributed by atoms with Gasteiger partial charge in [-0.2, -0.15) is 12.6 Å². The van der Waals surface area contributed by atoms with E-state index in [2.05, 4.69) is 26.5 Å². The first-order valence-electron chi connectivity index (χ1n) is 6.36. The summed E-state index contributed by atoms with van der Waals surface area (Å²) in [6, 6.07) is 0. The maximum atomic E-state index is 5.90. The lowest BCUT2D eigenvalue weighted by Crippen LogP contribution is -2.26. The van der Waals surface area contributed by atoms with Crippen LogP contribution < -0.4 is 0 Å². The number of hydrogen-bond donors (Lipinski definition) is 1. The van der Waals surface area contributed by atoms with E-state index in [0.717, 1.165) is 12.4 Å². The monoisotopic (exact) mass is 230 g/mol. The molecule has 1 rings (SSSR count). The predicted molar refractivity (Wildman–Crippen MR) is 69.7 cm³/mol. The van der Waals surface area contributed by atoms with E-state index in [1.165, 1.54) is 44.9 Å². The molecular weight excluding hydrogens is 204 g/mol. The molecule has 2 heteroatoms. The summed E-state index contributed by atoms with van der Waals surface area (Å²) >= 11 is 4.20. The van der Waals surface area contributed by atoms with Crippen LogP contribution in [0.4, 0.5) is 0 Å². The van der Waals surface area contributed by atoms with Crippen molar-refractivity contribution in [2.45, 2.75) is 64.9 Å². The Morgan fingerprint density at radius 2 is 1.80 bits per heavy atom. The van der Waals surface area contributed by atoms with Gasteiger partial charge in [0.15, 0.2) is 0 Å². The van der Waals surface area contributed by atoms with Crippen molar-refractivity contribution < 1.29 is 4.74 Å². The summed E-state index contributed by atoms with van der Waals surface area (Å²) in [7, 11) is 0. The molecule has 90 valence electrons. The van der Waals surface area contributed by atoms with Gasteiger partial charge in [-0.1, -0.05) is 20.3 Å². The lowest BCUT2D eigenvalue weighted by Gasteiger charge is -2.34. The smallest absolute Gasteiger partial charge is 0.0575 e. The molecule has 1 aliphatic carbocycles. The second-order valence-corrected chi connectivity index (χ2v) is 5.97. The molecule has 0 spiro atoms. The molecule has 1 saturated carbocycles. The fourth-order valence-corrected chi connectivity index (χ4v) is 2.40. The molecule has 0 radical (unpaired) electrons. The molecule has 0 amide bonds. The Bertz CT molecular complexity index is 158. The Morgan fingerprint density at radius 1 is 1.13 bits per heavy atom. The third-order valence-corrected chi connectivity index (χ3v) is 3.76. The molecule has 0 aliphatic heterocycles. The second-order valence-electron chi connectivity index (χ2n) is 5.52. The Balaban J connectivity index is 1.99. The number of unbranched alkanes of at least 4 members (excludes halogenated alkanes) is 2. The van der Waals surface area contributed by atoms with Crippen molar-refractivity contribution in [2.75, 3.05) is 12.4 Å². The Labute approximate surface area is 100 Å². The predicted octanol–water partition coefficient (Wildman–Crippen LogP) is 4.07. The molecule has 0 heterocycles. The van der Waals surface area contributed by atoms with Crippen LogP contribution in [0.1, 0.15) is 58.8 Å². The molecule has 0 unspecified atom stereocenters. The molecule has 0 saturated heterocycles. The zero-order valence-electron chi connectivity index (χ0n) is 10.3. The van der Waals surface area contributed by atoms with Crippen molar-refractivity contribution in [1.82, 2.24) is 0 Å². The molecule has 15 heavy (non-hydrogen) atoms. The van der Waals surface area contributed by atoms with Crippen LogP contribution in [0.2, 0.25) is 0 Å². The first kappa shape index (κ1) is 13.4. The molecule has 1 aliphatic rings. The number of ether oxygens (including phenoxy) is 1. The van der Waals surface area contributed by atoms with E-state index >= 15 is 0 Å². The molecule has 0 aromatic carbocycles. The Kier molecular flexibility index (Phi) is 6.06. The fraction of sp³-hybridized carbons (Fsp3) is 1.00. The van der Waals surface area contributed by atoms with Crippen LogP contribution in [-0.4, -0.2) is 18.5 Å². The Hall–Kier alpha value is 0.310. The molecule has 0 aromatic heterocycles. The minimum atomic E-state index is 0.550. The van der Waals surface area contributed by atoms with Crippen LogP contribution in [-0.2, 0) is 4.74 Å². The van der Waals surface area contributed by atoms with Gasteiger partial charge in [-0.3, -0.25) is 0 Å². The van der Waals surface area contributed by atoms with Crippen molar-refractivity contribution in [3.05, 3.63) is 0 Å². The van der Waals surface area contributed by atoms with Gasteiger partial charge < -0.3 is 4.74 Å². The fourth-order valence-electron chi connectivity index (χ4n) is 2.18. The summed E-state index contributed by atoms with van der Waals surface area (Å²) in [5.41, 5.74) is 0.561. The van der Waals surface area contributed by atoms with Crippen molar-refractivity contribution in [2.24, 2.45) is 5.41 Å². The average molecular weight is 230 g/mol. The van der Waals surface area contributed by atoms with Crippen molar-refractivity contribution >= 4 is 12.6 Å². The third kappa shape index (κ3) is 5.82.